The van der Waals surface area contributed by atoms with Crippen LogP contribution in [0.3, 0.4) is 0 Å². The second kappa shape index (κ2) is 26.9. The van der Waals surface area contributed by atoms with Crippen LogP contribution in [0.1, 0.15) is 20.3 Å². The van der Waals surface area contributed by atoms with Gasteiger partial charge in [0.1, 0.15) is 97.5 Å². The number of aliphatic carboxylic acids is 1. The molecule has 16 N–H and O–H groups in total. The van der Waals surface area contributed by atoms with Crippen molar-refractivity contribution in [3.8, 4) is 0 Å². The molecule has 4 saturated heterocycles. The van der Waals surface area contributed by atoms with Crippen LogP contribution in [0, 0.1) is 0 Å². The monoisotopic (exact) mass is 1050 g/mol. The number of hydrogen-bond acceptors (Lipinski definition) is 26. The number of carboxylic acid groups (broad SMARTS) is 1. The second-order valence-electron chi connectivity index (χ2n) is 16.6. The summed E-state index contributed by atoms with van der Waals surface area (Å²) in [7, 11) is 0. The molecule has 0 aromatic rings. The molecule has 0 aromatic heterocycles. The van der Waals surface area contributed by atoms with Crippen molar-refractivity contribution in [2.45, 2.75) is 167 Å². The summed E-state index contributed by atoms with van der Waals surface area (Å²) in [4.78, 5) is 49.2. The van der Waals surface area contributed by atoms with Gasteiger partial charge in [0.25, 0.3) is 0 Å². The average Bonchev–Trinajstić information content (AvgIpc) is 3.30. The van der Waals surface area contributed by atoms with E-state index < -0.39 is 210 Å². The van der Waals surface area contributed by atoms with Crippen molar-refractivity contribution < 1.29 is 171 Å². The third-order valence-corrected chi connectivity index (χ3v) is 11.6. The standard InChI is InChI=1S/C38H60F3N3O26.Na/c1-4-14(51)13(44-35(60)38(39,40)41)10-63-33-26(58)25(57)28(18(8-47)65-33)67-34-27(59)31(29(19(9-48)66-34)68-32-21(43-12(3)50)24(56)23(55)17(7-46)64-32)70-37(36(61)62)5-15(52)20(42-11(2)49)30(69-37)22(54)16(53)6-45;/h4,13-34,45-48,51-59H,1,5-10H2,2-3H3,(H,42,49)(H,43,50)(H,44,60)(H,61,62);/q;+1/p-1/t13-,14+,15-,16+,17+,18+,19+,20+,21+,22+,23-,24+,25+,26+,27+,28+,29-,30+,31+,32-,33+,34-,37-;/m0./s1. The molecule has 4 aliphatic rings. The Hall–Kier alpha value is -2.43. The number of carbonyl (C=O) groups is 4. The normalized spacial score (nSPS) is 39.4. The molecule has 29 nitrogen and oxygen atoms in total. The summed E-state index contributed by atoms with van der Waals surface area (Å²) in [5.41, 5.74) is 0. The van der Waals surface area contributed by atoms with E-state index in [4.69, 9.17) is 37.9 Å². The van der Waals surface area contributed by atoms with Crippen molar-refractivity contribution in [3.63, 3.8) is 0 Å². The Balaban J connectivity index is 0.0000133. The predicted molar refractivity (Wildman–Crippen MR) is 210 cm³/mol. The van der Waals surface area contributed by atoms with Crippen molar-refractivity contribution in [1.82, 2.24) is 16.0 Å². The third kappa shape index (κ3) is 14.9. The molecule has 0 saturated carbocycles. The Morgan fingerprint density at radius 2 is 1.30 bits per heavy atom. The van der Waals surface area contributed by atoms with E-state index in [1.165, 1.54) is 5.32 Å². The van der Waals surface area contributed by atoms with E-state index in [0.29, 0.717) is 0 Å². The summed E-state index contributed by atoms with van der Waals surface area (Å²) < 4.78 is 84.3. The fraction of sp³-hybridized carbons (Fsp3) is 0.842. The number of amides is 3. The summed E-state index contributed by atoms with van der Waals surface area (Å²) in [6.45, 7) is -0.569. The molecule has 0 radical (unpaired) electrons. The maximum atomic E-state index is 13.2. The minimum atomic E-state index is -5.42. The molecule has 33 heteroatoms. The Bertz CT molecular complexity index is 1770. The summed E-state index contributed by atoms with van der Waals surface area (Å²) >= 11 is 0. The number of alkyl halides is 3. The van der Waals surface area contributed by atoms with E-state index in [0.717, 1.165) is 19.9 Å². The van der Waals surface area contributed by atoms with Crippen LogP contribution in [0.15, 0.2) is 12.7 Å². The number of ether oxygens (including phenoxy) is 8. The molecular formula is C38H59F3N3NaO26. The Morgan fingerprint density at radius 1 is 0.761 bits per heavy atom. The first kappa shape index (κ1) is 62.9. The van der Waals surface area contributed by atoms with Crippen LogP contribution in [0.5, 0.6) is 0 Å². The van der Waals surface area contributed by atoms with Gasteiger partial charge in [0.05, 0.1) is 57.3 Å². The molecule has 4 fully saturated rings. The van der Waals surface area contributed by atoms with Gasteiger partial charge in [-0.25, -0.2) is 0 Å². The first-order chi connectivity index (χ1) is 32.7. The number of hydrogen-bond donors (Lipinski definition) is 16. The Morgan fingerprint density at radius 3 is 1.82 bits per heavy atom. The van der Waals surface area contributed by atoms with Crippen LogP contribution in [0.2, 0.25) is 0 Å². The van der Waals surface area contributed by atoms with Gasteiger partial charge in [0.2, 0.25) is 17.6 Å². The van der Waals surface area contributed by atoms with Crippen LogP contribution < -0.4 is 50.6 Å². The Labute approximate surface area is 422 Å². The molecular weight excluding hydrogens is 994 g/mol. The average molecular weight is 1050 g/mol. The molecule has 71 heavy (non-hydrogen) atoms. The molecule has 0 unspecified atom stereocenters. The van der Waals surface area contributed by atoms with Gasteiger partial charge in [0.15, 0.2) is 18.9 Å². The predicted octanol–water partition coefficient (Wildman–Crippen LogP) is -14.0. The van der Waals surface area contributed by atoms with E-state index in [9.17, 15) is 104 Å². The zero-order valence-electron chi connectivity index (χ0n) is 38.0. The minimum Gasteiger partial charge on any atom is -0.544 e. The van der Waals surface area contributed by atoms with Gasteiger partial charge in [-0.15, -0.1) is 6.58 Å². The molecule has 0 aliphatic carbocycles. The molecule has 4 aliphatic heterocycles. The SMILES string of the molecule is C=C[C@@H](O)[C@H](CO[C@@H]1O[C@H](CO)[C@@H](O[C@@H]2O[C@H](CO)[C@H](O[C@@H]3O[C@H](CO)[C@H](O)[C@H](O)[C@H]3NC(C)=O)[C@H](O[C@]3(C(=O)[O-])C[C@H](O)[C@@H](NC(C)=O)[C@H]([C@H](O)[C@H](O)CO)O3)[C@H]2O)[C@H](O)[C@H]1O)NC(=O)C(F)(F)F.[Na+]. The largest absolute Gasteiger partial charge is 1.00 e. The molecule has 23 atom stereocenters. The van der Waals surface area contributed by atoms with Gasteiger partial charge < -0.3 is 130 Å². The zero-order chi connectivity index (χ0) is 52.7. The van der Waals surface area contributed by atoms with Gasteiger partial charge in [-0.3, -0.25) is 14.4 Å². The van der Waals surface area contributed by atoms with E-state index in [-0.39, 0.29) is 29.6 Å². The number of halogens is 3. The van der Waals surface area contributed by atoms with Crippen molar-refractivity contribution >= 4 is 23.7 Å². The summed E-state index contributed by atoms with van der Waals surface area (Å²) in [5, 5.41) is 158. The molecule has 0 aromatic carbocycles. The molecule has 4 heterocycles. The van der Waals surface area contributed by atoms with Crippen molar-refractivity contribution in [2.24, 2.45) is 0 Å². The second-order valence-corrected chi connectivity index (χ2v) is 16.6. The summed E-state index contributed by atoms with van der Waals surface area (Å²) in [6, 6.07) is -5.44. The van der Waals surface area contributed by atoms with Gasteiger partial charge in [0, 0.05) is 20.3 Å². The quantitative estimate of drug-likeness (QED) is 0.0375. The van der Waals surface area contributed by atoms with Crippen molar-refractivity contribution in [2.75, 3.05) is 33.0 Å². The smallest absolute Gasteiger partial charge is 0.544 e. The van der Waals surface area contributed by atoms with Crippen LogP contribution >= 0.6 is 0 Å². The van der Waals surface area contributed by atoms with E-state index >= 15 is 0 Å². The molecule has 404 valence electrons. The number of aliphatic hydroxyl groups is 13. The number of rotatable bonds is 21. The maximum absolute atomic E-state index is 13.2. The van der Waals surface area contributed by atoms with Crippen LogP contribution in [0.25, 0.3) is 0 Å². The number of aliphatic hydroxyl groups excluding tert-OH is 13. The number of carbonyl (C=O) groups excluding carboxylic acids is 4. The fourth-order valence-electron chi connectivity index (χ4n) is 8.01. The number of nitrogens with one attached hydrogen (secondary N) is 3. The summed E-state index contributed by atoms with van der Waals surface area (Å²) in [6.07, 6.45) is -46.6. The number of carboxylic acids is 1. The van der Waals surface area contributed by atoms with Crippen molar-refractivity contribution in [3.05, 3.63) is 12.7 Å². The zero-order valence-corrected chi connectivity index (χ0v) is 40.0. The van der Waals surface area contributed by atoms with Crippen molar-refractivity contribution in [1.29, 1.82) is 0 Å². The maximum Gasteiger partial charge on any atom is 1.00 e. The van der Waals surface area contributed by atoms with Gasteiger partial charge in [-0.1, -0.05) is 6.08 Å². The van der Waals surface area contributed by atoms with Crippen LogP contribution in [-0.4, -0.2) is 270 Å². The van der Waals surface area contributed by atoms with Gasteiger partial charge in [-0.2, -0.15) is 13.2 Å². The first-order valence-electron chi connectivity index (χ1n) is 21.3. The topological polar surface area (TPSA) is 464 Å². The Kier molecular flexibility index (Phi) is 23.8. The minimum absolute atomic E-state index is 0. The first-order valence-corrected chi connectivity index (χ1v) is 21.3. The summed E-state index contributed by atoms with van der Waals surface area (Å²) in [5.74, 6) is -10.1. The van der Waals surface area contributed by atoms with Crippen LogP contribution in [-0.2, 0) is 57.1 Å². The van der Waals surface area contributed by atoms with Crippen LogP contribution in [0.4, 0.5) is 13.2 Å². The van der Waals surface area contributed by atoms with E-state index in [1.807, 2.05) is 0 Å². The molecule has 4 rings (SSSR count). The fourth-order valence-corrected chi connectivity index (χ4v) is 8.01. The molecule has 0 spiro atoms. The van der Waals surface area contributed by atoms with E-state index in [1.54, 1.807) is 0 Å². The third-order valence-electron chi connectivity index (χ3n) is 11.6. The van der Waals surface area contributed by atoms with Gasteiger partial charge >= 0.3 is 41.6 Å². The van der Waals surface area contributed by atoms with Gasteiger partial charge in [-0.05, 0) is 0 Å². The molecule has 3 amide bonds. The molecule has 0 bridgehead atoms. The van der Waals surface area contributed by atoms with E-state index in [2.05, 4.69) is 17.2 Å².